The van der Waals surface area contributed by atoms with Crippen LogP contribution in [-0.2, 0) is 15.1 Å². The molecule has 0 N–H and O–H groups in total. The van der Waals surface area contributed by atoms with Crippen molar-refractivity contribution in [2.45, 2.75) is 31.7 Å². The van der Waals surface area contributed by atoms with Crippen molar-refractivity contribution >= 4 is 29.3 Å². The van der Waals surface area contributed by atoms with Gasteiger partial charge in [0.2, 0.25) is 5.91 Å². The van der Waals surface area contributed by atoms with Gasteiger partial charge in [0.15, 0.2) is 0 Å². The van der Waals surface area contributed by atoms with Crippen molar-refractivity contribution in [2.24, 2.45) is 0 Å². The fourth-order valence-electron chi connectivity index (χ4n) is 3.71. The quantitative estimate of drug-likeness (QED) is 0.487. The summed E-state index contributed by atoms with van der Waals surface area (Å²) >= 11 is 1.49. The Morgan fingerprint density at radius 1 is 1.12 bits per heavy atom. The molecule has 164 valence electrons. The number of aryl methyl sites for hydroxylation is 1. The number of anilines is 1. The first-order valence-electron chi connectivity index (χ1n) is 10.2. The van der Waals surface area contributed by atoms with Crippen LogP contribution in [0.15, 0.2) is 67.0 Å². The fraction of sp³-hybridized carbons (Fsp3) is 0.240. The number of esters is 1. The zero-order valence-electron chi connectivity index (χ0n) is 18.0. The molecule has 3 aromatic rings. The molecular formula is C25H23FN2O3S. The van der Waals surface area contributed by atoms with E-state index in [1.165, 1.54) is 23.9 Å². The van der Waals surface area contributed by atoms with Gasteiger partial charge in [0.05, 0.1) is 11.3 Å². The molecule has 1 fully saturated rings. The Morgan fingerprint density at radius 3 is 2.47 bits per heavy atom. The highest BCUT2D eigenvalue weighted by Gasteiger charge is 2.35. The molecule has 1 atom stereocenters. The molecule has 4 rings (SSSR count). The van der Waals surface area contributed by atoms with Crippen LogP contribution < -0.4 is 4.90 Å². The SMILES string of the molecule is Cc1cc(C(=O)OC(C)(C)c2ccncc2)ccc1N1C(=O)CSC1c1ccc(F)cc1. The topological polar surface area (TPSA) is 59.5 Å². The first-order chi connectivity index (χ1) is 15.3. The molecule has 2 heterocycles. The predicted molar refractivity (Wildman–Crippen MR) is 123 cm³/mol. The average molecular weight is 451 g/mol. The number of amides is 1. The van der Waals surface area contributed by atoms with Gasteiger partial charge in [-0.05, 0) is 79.9 Å². The lowest BCUT2D eigenvalue weighted by atomic mass is 9.99. The zero-order valence-corrected chi connectivity index (χ0v) is 18.9. The Hall–Kier alpha value is -3.19. The second-order valence-electron chi connectivity index (χ2n) is 8.12. The lowest BCUT2D eigenvalue weighted by Gasteiger charge is -2.27. The molecule has 32 heavy (non-hydrogen) atoms. The number of carbonyl (C=O) groups excluding carboxylic acids is 2. The second-order valence-corrected chi connectivity index (χ2v) is 9.18. The van der Waals surface area contributed by atoms with Gasteiger partial charge in [-0.1, -0.05) is 12.1 Å². The summed E-state index contributed by atoms with van der Waals surface area (Å²) in [7, 11) is 0. The standard InChI is InChI=1S/C25H23FN2O3S/c1-16-14-18(24(30)31-25(2,3)19-10-12-27-13-11-19)6-9-21(16)28-22(29)15-32-23(28)17-4-7-20(26)8-5-17/h4-14,23H,15H2,1-3H3. The van der Waals surface area contributed by atoms with Crippen molar-refractivity contribution in [3.8, 4) is 0 Å². The molecule has 0 aliphatic carbocycles. The van der Waals surface area contributed by atoms with E-state index in [0.29, 0.717) is 11.3 Å². The summed E-state index contributed by atoms with van der Waals surface area (Å²) in [6, 6.07) is 15.0. The van der Waals surface area contributed by atoms with Crippen molar-refractivity contribution in [1.82, 2.24) is 4.98 Å². The highest BCUT2D eigenvalue weighted by Crippen LogP contribution is 2.43. The second kappa shape index (κ2) is 8.74. The third-order valence-electron chi connectivity index (χ3n) is 5.44. The molecule has 7 heteroatoms. The fourth-order valence-corrected chi connectivity index (χ4v) is 4.88. The Balaban J connectivity index is 1.58. The molecule has 0 saturated carbocycles. The average Bonchev–Trinajstić information content (AvgIpc) is 3.15. The van der Waals surface area contributed by atoms with E-state index in [2.05, 4.69) is 4.98 Å². The van der Waals surface area contributed by atoms with E-state index in [9.17, 15) is 14.0 Å². The maximum Gasteiger partial charge on any atom is 0.339 e. The molecule has 1 aliphatic rings. The monoisotopic (exact) mass is 450 g/mol. The van der Waals surface area contributed by atoms with E-state index in [4.69, 9.17) is 4.74 Å². The van der Waals surface area contributed by atoms with Gasteiger partial charge >= 0.3 is 5.97 Å². The van der Waals surface area contributed by atoms with Crippen LogP contribution in [0.4, 0.5) is 10.1 Å². The van der Waals surface area contributed by atoms with Gasteiger partial charge in [-0.15, -0.1) is 11.8 Å². The van der Waals surface area contributed by atoms with Crippen LogP contribution >= 0.6 is 11.8 Å². The number of benzene rings is 2. The number of hydrogen-bond donors (Lipinski definition) is 0. The number of halogens is 1. The molecule has 1 aliphatic heterocycles. The van der Waals surface area contributed by atoms with Gasteiger partial charge in [-0.2, -0.15) is 0 Å². The molecule has 1 unspecified atom stereocenters. The highest BCUT2D eigenvalue weighted by molar-refractivity contribution is 8.00. The minimum atomic E-state index is -0.818. The smallest absolute Gasteiger partial charge is 0.339 e. The van der Waals surface area contributed by atoms with Gasteiger partial charge in [-0.25, -0.2) is 9.18 Å². The Labute approximate surface area is 190 Å². The Kier molecular flexibility index (Phi) is 6.02. The Bertz CT molecular complexity index is 1150. The number of carbonyl (C=O) groups is 2. The number of thioether (sulfide) groups is 1. The van der Waals surface area contributed by atoms with Crippen LogP contribution in [0, 0.1) is 12.7 Å². The molecule has 0 radical (unpaired) electrons. The van der Waals surface area contributed by atoms with E-state index in [1.54, 1.807) is 47.6 Å². The van der Waals surface area contributed by atoms with E-state index < -0.39 is 11.6 Å². The summed E-state index contributed by atoms with van der Waals surface area (Å²) in [5.74, 6) is -0.450. The van der Waals surface area contributed by atoms with Crippen molar-refractivity contribution in [3.05, 3.63) is 95.1 Å². The van der Waals surface area contributed by atoms with Crippen LogP contribution in [0.25, 0.3) is 0 Å². The third kappa shape index (κ3) is 4.39. The summed E-state index contributed by atoms with van der Waals surface area (Å²) < 4.78 is 19.1. The molecule has 0 spiro atoms. The minimum absolute atomic E-state index is 0.0263. The summed E-state index contributed by atoms with van der Waals surface area (Å²) in [5, 5.41) is -0.245. The first-order valence-corrected chi connectivity index (χ1v) is 11.2. The van der Waals surface area contributed by atoms with E-state index in [0.717, 1.165) is 22.4 Å². The lowest BCUT2D eigenvalue weighted by Crippen LogP contribution is -2.29. The van der Waals surface area contributed by atoms with Crippen molar-refractivity contribution in [3.63, 3.8) is 0 Å². The number of hydrogen-bond acceptors (Lipinski definition) is 5. The highest BCUT2D eigenvalue weighted by atomic mass is 32.2. The molecule has 1 amide bonds. The number of nitrogens with zero attached hydrogens (tertiary/aromatic N) is 2. The zero-order chi connectivity index (χ0) is 22.9. The van der Waals surface area contributed by atoms with Crippen LogP contribution in [0.2, 0.25) is 0 Å². The van der Waals surface area contributed by atoms with Crippen molar-refractivity contribution < 1.29 is 18.7 Å². The van der Waals surface area contributed by atoms with Crippen LogP contribution in [0.5, 0.6) is 0 Å². The first kappa shape index (κ1) is 22.0. The molecular weight excluding hydrogens is 427 g/mol. The van der Waals surface area contributed by atoms with Gasteiger partial charge in [0, 0.05) is 18.1 Å². The van der Waals surface area contributed by atoms with Crippen LogP contribution in [-0.4, -0.2) is 22.6 Å². The number of ether oxygens (including phenoxy) is 1. The maximum atomic E-state index is 13.3. The summed E-state index contributed by atoms with van der Waals surface area (Å²) in [6.07, 6.45) is 3.32. The molecule has 5 nitrogen and oxygen atoms in total. The van der Waals surface area contributed by atoms with Gasteiger partial charge in [0.25, 0.3) is 0 Å². The number of pyridine rings is 1. The van der Waals surface area contributed by atoms with Gasteiger partial charge in [0.1, 0.15) is 16.8 Å². The van der Waals surface area contributed by atoms with Crippen molar-refractivity contribution in [2.75, 3.05) is 10.7 Å². The molecule has 2 aromatic carbocycles. The third-order valence-corrected chi connectivity index (χ3v) is 6.65. The number of aromatic nitrogens is 1. The Morgan fingerprint density at radius 2 is 1.81 bits per heavy atom. The molecule has 1 aromatic heterocycles. The van der Waals surface area contributed by atoms with Gasteiger partial charge < -0.3 is 4.74 Å². The summed E-state index contributed by atoms with van der Waals surface area (Å²) in [6.45, 7) is 5.52. The lowest BCUT2D eigenvalue weighted by molar-refractivity contribution is -0.115. The maximum absolute atomic E-state index is 13.3. The minimum Gasteiger partial charge on any atom is -0.451 e. The van der Waals surface area contributed by atoms with E-state index >= 15 is 0 Å². The van der Waals surface area contributed by atoms with Crippen molar-refractivity contribution in [1.29, 1.82) is 0 Å². The summed E-state index contributed by atoms with van der Waals surface area (Å²) in [5.41, 5.74) is 2.79. The van der Waals surface area contributed by atoms with E-state index in [-0.39, 0.29) is 17.1 Å². The van der Waals surface area contributed by atoms with E-state index in [1.807, 2.05) is 32.9 Å². The number of rotatable bonds is 5. The van der Waals surface area contributed by atoms with Crippen LogP contribution in [0.3, 0.4) is 0 Å². The normalized spacial score (nSPS) is 16.3. The molecule has 1 saturated heterocycles. The molecule has 0 bridgehead atoms. The van der Waals surface area contributed by atoms with Gasteiger partial charge in [-0.3, -0.25) is 14.7 Å². The largest absolute Gasteiger partial charge is 0.451 e. The predicted octanol–water partition coefficient (Wildman–Crippen LogP) is 5.40. The summed E-state index contributed by atoms with van der Waals surface area (Å²) in [4.78, 5) is 31.2. The van der Waals surface area contributed by atoms with Crippen LogP contribution in [0.1, 0.15) is 46.3 Å².